The third-order valence-corrected chi connectivity index (χ3v) is 5.21. The first-order valence-corrected chi connectivity index (χ1v) is 9.96. The van der Waals surface area contributed by atoms with Gasteiger partial charge in [0.2, 0.25) is 0 Å². The highest BCUT2D eigenvalue weighted by Gasteiger charge is 2.21. The highest BCUT2D eigenvalue weighted by Crippen LogP contribution is 2.30. The molecule has 0 amide bonds. The van der Waals surface area contributed by atoms with E-state index in [-0.39, 0.29) is 11.9 Å². The van der Waals surface area contributed by atoms with Gasteiger partial charge in [-0.1, -0.05) is 23.9 Å². The number of aromatic nitrogens is 3. The summed E-state index contributed by atoms with van der Waals surface area (Å²) in [6.45, 7) is 2.85. The van der Waals surface area contributed by atoms with Gasteiger partial charge in [0.25, 0.3) is 0 Å². The minimum Gasteiger partial charge on any atom is -0.504 e. The lowest BCUT2D eigenvalue weighted by Gasteiger charge is -2.19. The van der Waals surface area contributed by atoms with E-state index in [9.17, 15) is 5.11 Å². The van der Waals surface area contributed by atoms with Gasteiger partial charge < -0.3 is 19.1 Å². The highest BCUT2D eigenvalue weighted by atomic mass is 32.2. The molecule has 3 rings (SSSR count). The van der Waals surface area contributed by atoms with E-state index in [1.54, 1.807) is 24.9 Å². The van der Waals surface area contributed by atoms with Gasteiger partial charge in [-0.3, -0.25) is 4.90 Å². The predicted octanol–water partition coefficient (Wildman–Crippen LogP) is 2.53. The van der Waals surface area contributed by atoms with Gasteiger partial charge in [0, 0.05) is 18.7 Å². The first-order valence-electron chi connectivity index (χ1n) is 8.73. The van der Waals surface area contributed by atoms with Crippen LogP contribution < -0.4 is 4.74 Å². The summed E-state index contributed by atoms with van der Waals surface area (Å²) in [6.07, 6.45) is 4.45. The molecular weight excluding hydrogens is 352 g/mol. The van der Waals surface area contributed by atoms with Crippen LogP contribution in [0, 0.1) is 0 Å². The summed E-state index contributed by atoms with van der Waals surface area (Å²) in [5, 5.41) is 19.9. The van der Waals surface area contributed by atoms with Crippen LogP contribution in [0.1, 0.15) is 24.2 Å². The molecule has 1 atom stereocenters. The molecule has 0 radical (unpaired) electrons. The van der Waals surface area contributed by atoms with E-state index in [0.717, 1.165) is 42.5 Å². The Hall–Kier alpha value is -1.77. The van der Waals surface area contributed by atoms with Crippen molar-refractivity contribution < 1.29 is 14.6 Å². The Morgan fingerprint density at radius 1 is 1.38 bits per heavy atom. The van der Waals surface area contributed by atoms with Crippen molar-refractivity contribution in [2.24, 2.45) is 0 Å². The van der Waals surface area contributed by atoms with Crippen molar-refractivity contribution in [3.05, 3.63) is 29.6 Å². The average Bonchev–Trinajstić information content (AvgIpc) is 3.28. The minimum atomic E-state index is 0.187. The van der Waals surface area contributed by atoms with Crippen LogP contribution in [-0.4, -0.2) is 57.9 Å². The summed E-state index contributed by atoms with van der Waals surface area (Å²) in [7, 11) is 3.56. The molecule has 0 saturated carbocycles. The largest absolute Gasteiger partial charge is 0.504 e. The monoisotopic (exact) mass is 378 g/mol. The fraction of sp³-hybridized carbons (Fsp3) is 0.556. The van der Waals surface area contributed by atoms with Gasteiger partial charge in [0.05, 0.1) is 26.3 Å². The standard InChI is InChI=1S/C18H26N4O3S/c1-21(10-13-6-4-8-15(24-2)17(13)23)12-16-19-20-18(26-3)22(16)11-14-7-5-9-25-14/h4,6,8,14,23H,5,7,9-12H2,1-3H3/t14-/m0/s1. The van der Waals surface area contributed by atoms with Crippen molar-refractivity contribution in [1.82, 2.24) is 19.7 Å². The maximum absolute atomic E-state index is 10.3. The molecule has 1 aromatic heterocycles. The molecule has 1 aliphatic heterocycles. The molecule has 26 heavy (non-hydrogen) atoms. The molecule has 1 saturated heterocycles. The number of thioether (sulfide) groups is 1. The van der Waals surface area contributed by atoms with E-state index < -0.39 is 0 Å². The first-order chi connectivity index (χ1) is 12.6. The second kappa shape index (κ2) is 8.75. The molecule has 2 aromatic rings. The summed E-state index contributed by atoms with van der Waals surface area (Å²) < 4.78 is 13.1. The summed E-state index contributed by atoms with van der Waals surface area (Å²) in [5.74, 6) is 1.59. The van der Waals surface area contributed by atoms with Crippen molar-refractivity contribution in [2.75, 3.05) is 27.0 Å². The maximum Gasteiger partial charge on any atom is 0.191 e. The number of hydrogen-bond donors (Lipinski definition) is 1. The number of ether oxygens (including phenoxy) is 2. The van der Waals surface area contributed by atoms with Crippen LogP contribution in [0.15, 0.2) is 23.4 Å². The normalized spacial score (nSPS) is 17.2. The molecule has 8 heteroatoms. The van der Waals surface area contributed by atoms with Gasteiger partial charge in [-0.25, -0.2) is 0 Å². The zero-order valence-electron chi connectivity index (χ0n) is 15.5. The molecule has 7 nitrogen and oxygen atoms in total. The predicted molar refractivity (Wildman–Crippen MR) is 101 cm³/mol. The SMILES string of the molecule is COc1cccc(CN(C)Cc2nnc(SC)n2C[C@@H]2CCCO2)c1O. The van der Waals surface area contributed by atoms with Crippen LogP contribution in [0.5, 0.6) is 11.5 Å². The zero-order valence-corrected chi connectivity index (χ0v) is 16.3. The van der Waals surface area contributed by atoms with Crippen molar-refractivity contribution >= 4 is 11.8 Å². The number of hydrogen-bond acceptors (Lipinski definition) is 7. The Bertz CT molecular complexity index is 731. The molecule has 0 unspecified atom stereocenters. The number of phenolic OH excluding ortho intramolecular Hbond substituents is 1. The Labute approximate surface area is 158 Å². The van der Waals surface area contributed by atoms with E-state index >= 15 is 0 Å². The van der Waals surface area contributed by atoms with E-state index in [1.165, 1.54) is 0 Å². The summed E-state index contributed by atoms with van der Waals surface area (Å²) >= 11 is 1.60. The lowest BCUT2D eigenvalue weighted by atomic mass is 10.1. The second-order valence-corrected chi connectivity index (χ2v) is 7.26. The molecule has 1 fully saturated rings. The van der Waals surface area contributed by atoms with Crippen molar-refractivity contribution in [2.45, 2.75) is 43.7 Å². The van der Waals surface area contributed by atoms with E-state index in [2.05, 4.69) is 19.7 Å². The smallest absolute Gasteiger partial charge is 0.191 e. The summed E-state index contributed by atoms with van der Waals surface area (Å²) in [5.41, 5.74) is 0.821. The topological polar surface area (TPSA) is 72.6 Å². The van der Waals surface area contributed by atoms with E-state index in [1.807, 2.05) is 25.4 Å². The molecule has 0 aliphatic carbocycles. The van der Waals surface area contributed by atoms with Crippen molar-refractivity contribution in [3.8, 4) is 11.5 Å². The lowest BCUT2D eigenvalue weighted by molar-refractivity contribution is 0.0934. The Kier molecular flexibility index (Phi) is 6.39. The third-order valence-electron chi connectivity index (χ3n) is 4.54. The molecule has 1 N–H and O–H groups in total. The lowest BCUT2D eigenvalue weighted by Crippen LogP contribution is -2.23. The first kappa shape index (κ1) is 19.0. The Balaban J connectivity index is 1.71. The van der Waals surface area contributed by atoms with E-state index in [4.69, 9.17) is 9.47 Å². The summed E-state index contributed by atoms with van der Waals surface area (Å²) in [4.78, 5) is 2.11. The molecule has 2 heterocycles. The number of phenols is 1. The zero-order chi connectivity index (χ0) is 18.5. The average molecular weight is 378 g/mol. The fourth-order valence-electron chi connectivity index (χ4n) is 3.21. The van der Waals surface area contributed by atoms with Crippen LogP contribution in [0.25, 0.3) is 0 Å². The molecule has 1 aliphatic rings. The second-order valence-electron chi connectivity index (χ2n) is 6.49. The van der Waals surface area contributed by atoms with Crippen LogP contribution in [0.2, 0.25) is 0 Å². The fourth-order valence-corrected chi connectivity index (χ4v) is 3.73. The Morgan fingerprint density at radius 2 is 2.23 bits per heavy atom. The number of nitrogens with zero attached hydrogens (tertiary/aromatic N) is 4. The molecule has 142 valence electrons. The molecule has 0 spiro atoms. The molecule has 1 aromatic carbocycles. The number of para-hydroxylation sites is 1. The van der Waals surface area contributed by atoms with E-state index in [0.29, 0.717) is 18.8 Å². The quantitative estimate of drug-likeness (QED) is 0.708. The number of benzene rings is 1. The number of rotatable bonds is 8. The van der Waals surface area contributed by atoms with Crippen LogP contribution >= 0.6 is 11.8 Å². The van der Waals surface area contributed by atoms with Crippen LogP contribution in [0.4, 0.5) is 0 Å². The third kappa shape index (κ3) is 4.31. The van der Waals surface area contributed by atoms with Gasteiger partial charge in [0.1, 0.15) is 5.82 Å². The highest BCUT2D eigenvalue weighted by molar-refractivity contribution is 7.98. The molecular formula is C18H26N4O3S. The number of aromatic hydroxyl groups is 1. The van der Waals surface area contributed by atoms with Gasteiger partial charge >= 0.3 is 0 Å². The maximum atomic E-state index is 10.3. The molecule has 0 bridgehead atoms. The summed E-state index contributed by atoms with van der Waals surface area (Å²) in [6, 6.07) is 5.54. The van der Waals surface area contributed by atoms with Gasteiger partial charge in [-0.2, -0.15) is 0 Å². The van der Waals surface area contributed by atoms with Crippen molar-refractivity contribution in [1.29, 1.82) is 0 Å². The number of methoxy groups -OCH3 is 1. The van der Waals surface area contributed by atoms with Gasteiger partial charge in [-0.15, -0.1) is 10.2 Å². The Morgan fingerprint density at radius 3 is 2.92 bits per heavy atom. The minimum absolute atomic E-state index is 0.187. The van der Waals surface area contributed by atoms with Gasteiger partial charge in [-0.05, 0) is 32.2 Å². The van der Waals surface area contributed by atoms with Crippen LogP contribution in [0.3, 0.4) is 0 Å². The van der Waals surface area contributed by atoms with Crippen molar-refractivity contribution in [3.63, 3.8) is 0 Å². The van der Waals surface area contributed by atoms with Crippen LogP contribution in [-0.2, 0) is 24.4 Å². The van der Waals surface area contributed by atoms with Gasteiger partial charge in [0.15, 0.2) is 16.7 Å².